The molecule has 0 aliphatic heterocycles. The highest BCUT2D eigenvalue weighted by Gasteiger charge is 2.18. The summed E-state index contributed by atoms with van der Waals surface area (Å²) in [7, 11) is 0. The van der Waals surface area contributed by atoms with Crippen molar-refractivity contribution < 1.29 is 4.79 Å². The highest BCUT2D eigenvalue weighted by Crippen LogP contribution is 2.27. The van der Waals surface area contributed by atoms with Crippen LogP contribution in [0.1, 0.15) is 54.5 Å². The van der Waals surface area contributed by atoms with Crippen molar-refractivity contribution in [3.05, 3.63) is 57.3 Å². The van der Waals surface area contributed by atoms with Gasteiger partial charge in [0, 0.05) is 21.5 Å². The maximum atomic E-state index is 12.8. The molecule has 0 radical (unpaired) electrons. The van der Waals surface area contributed by atoms with Crippen LogP contribution in [0.4, 0.5) is 0 Å². The maximum absolute atomic E-state index is 12.8. The number of rotatable bonds is 4. The first-order chi connectivity index (χ1) is 12.3. The molecular weight excluding hydrogens is 371 g/mol. The molecule has 0 saturated heterocycles. The SMILES string of the molecule is Cc1nc2c(cnn2C(C)C)cc1C(=O)NC(C)c1ccc(Cl)cc1Cl. The molecule has 0 spiro atoms. The molecule has 5 nitrogen and oxygen atoms in total. The largest absolute Gasteiger partial charge is 0.345 e. The highest BCUT2D eigenvalue weighted by molar-refractivity contribution is 6.35. The molecule has 1 atom stereocenters. The number of benzene rings is 1. The standard InChI is InChI=1S/C19H20Cl2N4O/c1-10(2)25-18-13(9-22-25)7-16(12(4)23-18)19(26)24-11(3)15-6-5-14(20)8-17(15)21/h5-11H,1-4H3,(H,24,26). The molecule has 0 aliphatic carbocycles. The van der Waals surface area contributed by atoms with Gasteiger partial charge >= 0.3 is 0 Å². The van der Waals surface area contributed by atoms with E-state index < -0.39 is 0 Å². The Hall–Kier alpha value is -2.11. The molecule has 2 heterocycles. The number of fused-ring (bicyclic) bond motifs is 1. The first kappa shape index (κ1) is 18.7. The Balaban J connectivity index is 1.88. The van der Waals surface area contributed by atoms with E-state index >= 15 is 0 Å². The van der Waals surface area contributed by atoms with Crippen molar-refractivity contribution in [3.63, 3.8) is 0 Å². The quantitative estimate of drug-likeness (QED) is 0.672. The summed E-state index contributed by atoms with van der Waals surface area (Å²) in [6.45, 7) is 7.79. The van der Waals surface area contributed by atoms with Gasteiger partial charge in [0.25, 0.3) is 5.91 Å². The van der Waals surface area contributed by atoms with E-state index in [1.807, 2.05) is 44.5 Å². The number of aryl methyl sites for hydroxylation is 1. The Kier molecular flexibility index (Phi) is 5.21. The van der Waals surface area contributed by atoms with Gasteiger partial charge in [-0.05, 0) is 51.5 Å². The van der Waals surface area contributed by atoms with Gasteiger partial charge in [-0.25, -0.2) is 9.67 Å². The molecular formula is C19H20Cl2N4O. The Morgan fingerprint density at radius 3 is 2.58 bits per heavy atom. The molecule has 0 saturated carbocycles. The van der Waals surface area contributed by atoms with Gasteiger partial charge in [0.1, 0.15) is 0 Å². The average molecular weight is 391 g/mol. The Morgan fingerprint density at radius 1 is 1.19 bits per heavy atom. The lowest BCUT2D eigenvalue weighted by Crippen LogP contribution is -2.27. The molecule has 26 heavy (non-hydrogen) atoms. The van der Waals surface area contributed by atoms with Crippen molar-refractivity contribution in [1.82, 2.24) is 20.1 Å². The maximum Gasteiger partial charge on any atom is 0.253 e. The molecule has 0 bridgehead atoms. The molecule has 0 aliphatic rings. The van der Waals surface area contributed by atoms with Crippen LogP contribution in [-0.4, -0.2) is 20.7 Å². The predicted molar refractivity (Wildman–Crippen MR) is 105 cm³/mol. The van der Waals surface area contributed by atoms with Crippen molar-refractivity contribution in [1.29, 1.82) is 0 Å². The van der Waals surface area contributed by atoms with Crippen LogP contribution in [0, 0.1) is 6.92 Å². The van der Waals surface area contributed by atoms with E-state index in [4.69, 9.17) is 23.2 Å². The van der Waals surface area contributed by atoms with Gasteiger partial charge < -0.3 is 5.32 Å². The molecule has 1 aromatic carbocycles. The van der Waals surface area contributed by atoms with Gasteiger partial charge in [-0.2, -0.15) is 5.10 Å². The Morgan fingerprint density at radius 2 is 1.92 bits per heavy atom. The van der Waals surface area contributed by atoms with E-state index in [2.05, 4.69) is 15.4 Å². The van der Waals surface area contributed by atoms with E-state index in [0.29, 0.717) is 21.3 Å². The minimum Gasteiger partial charge on any atom is -0.345 e. The number of carbonyl (C=O) groups excluding carboxylic acids is 1. The lowest BCUT2D eigenvalue weighted by atomic mass is 10.1. The fourth-order valence-electron chi connectivity index (χ4n) is 2.88. The normalized spacial score (nSPS) is 12.6. The van der Waals surface area contributed by atoms with Gasteiger partial charge in [-0.15, -0.1) is 0 Å². The van der Waals surface area contributed by atoms with Crippen LogP contribution < -0.4 is 5.32 Å². The summed E-state index contributed by atoms with van der Waals surface area (Å²) in [5, 5.41) is 9.25. The summed E-state index contributed by atoms with van der Waals surface area (Å²) in [6, 6.07) is 7.00. The zero-order valence-electron chi connectivity index (χ0n) is 15.0. The molecule has 3 rings (SSSR count). The zero-order chi connectivity index (χ0) is 19.0. The Bertz CT molecular complexity index is 981. The topological polar surface area (TPSA) is 59.8 Å². The number of hydrogen-bond acceptors (Lipinski definition) is 3. The van der Waals surface area contributed by atoms with Crippen molar-refractivity contribution in [3.8, 4) is 0 Å². The fourth-order valence-corrected chi connectivity index (χ4v) is 3.45. The lowest BCUT2D eigenvalue weighted by molar-refractivity contribution is 0.0939. The second-order valence-electron chi connectivity index (χ2n) is 6.58. The third-order valence-electron chi connectivity index (χ3n) is 4.27. The molecule has 7 heteroatoms. The molecule has 1 unspecified atom stereocenters. The van der Waals surface area contributed by atoms with Crippen LogP contribution in [0.25, 0.3) is 11.0 Å². The van der Waals surface area contributed by atoms with Gasteiger partial charge in [0.2, 0.25) is 0 Å². The summed E-state index contributed by atoms with van der Waals surface area (Å²) in [5.41, 5.74) is 2.77. The highest BCUT2D eigenvalue weighted by atomic mass is 35.5. The van der Waals surface area contributed by atoms with Gasteiger partial charge in [0.05, 0.1) is 23.5 Å². The second-order valence-corrected chi connectivity index (χ2v) is 7.42. The van der Waals surface area contributed by atoms with E-state index in [-0.39, 0.29) is 18.0 Å². The van der Waals surface area contributed by atoms with Crippen LogP contribution in [0.5, 0.6) is 0 Å². The summed E-state index contributed by atoms with van der Waals surface area (Å²) in [5.74, 6) is -0.201. The molecule has 1 N–H and O–H groups in total. The third kappa shape index (κ3) is 3.55. The van der Waals surface area contributed by atoms with E-state index in [1.54, 1.807) is 18.3 Å². The van der Waals surface area contributed by atoms with Crippen LogP contribution in [0.15, 0.2) is 30.5 Å². The first-order valence-electron chi connectivity index (χ1n) is 8.38. The van der Waals surface area contributed by atoms with Crippen LogP contribution in [-0.2, 0) is 0 Å². The number of pyridine rings is 1. The lowest BCUT2D eigenvalue weighted by Gasteiger charge is -2.17. The number of nitrogens with one attached hydrogen (secondary N) is 1. The van der Waals surface area contributed by atoms with Gasteiger partial charge in [0.15, 0.2) is 5.65 Å². The fraction of sp³-hybridized carbons (Fsp3) is 0.316. The number of amides is 1. The molecule has 1 amide bonds. The third-order valence-corrected chi connectivity index (χ3v) is 4.83. The second kappa shape index (κ2) is 7.25. The molecule has 2 aromatic heterocycles. The monoisotopic (exact) mass is 390 g/mol. The molecule has 136 valence electrons. The van der Waals surface area contributed by atoms with Crippen LogP contribution >= 0.6 is 23.2 Å². The van der Waals surface area contributed by atoms with Crippen LogP contribution in [0.3, 0.4) is 0 Å². The summed E-state index contributed by atoms with van der Waals surface area (Å²) in [4.78, 5) is 17.3. The number of halogens is 2. The number of aromatic nitrogens is 3. The molecule has 3 aromatic rings. The Labute approximate surface area is 162 Å². The number of hydrogen-bond donors (Lipinski definition) is 1. The van der Waals surface area contributed by atoms with E-state index in [1.165, 1.54) is 0 Å². The summed E-state index contributed by atoms with van der Waals surface area (Å²) in [6.07, 6.45) is 1.73. The molecule has 0 fully saturated rings. The zero-order valence-corrected chi connectivity index (χ0v) is 16.6. The summed E-state index contributed by atoms with van der Waals surface area (Å²) < 4.78 is 1.85. The minimum atomic E-state index is -0.263. The van der Waals surface area contributed by atoms with E-state index in [9.17, 15) is 4.79 Å². The van der Waals surface area contributed by atoms with Crippen molar-refractivity contribution >= 4 is 40.1 Å². The number of carbonyl (C=O) groups is 1. The van der Waals surface area contributed by atoms with Crippen molar-refractivity contribution in [2.24, 2.45) is 0 Å². The van der Waals surface area contributed by atoms with Crippen molar-refractivity contribution in [2.45, 2.75) is 39.8 Å². The van der Waals surface area contributed by atoms with E-state index in [0.717, 1.165) is 16.6 Å². The smallest absolute Gasteiger partial charge is 0.253 e. The first-order valence-corrected chi connectivity index (χ1v) is 9.14. The summed E-state index contributed by atoms with van der Waals surface area (Å²) >= 11 is 12.2. The number of nitrogens with zero attached hydrogens (tertiary/aromatic N) is 3. The van der Waals surface area contributed by atoms with Crippen LogP contribution in [0.2, 0.25) is 10.0 Å². The predicted octanol–water partition coefficient (Wildman–Crippen LogP) is 5.12. The average Bonchev–Trinajstić information content (AvgIpc) is 2.96. The minimum absolute atomic E-state index is 0.200. The van der Waals surface area contributed by atoms with Crippen molar-refractivity contribution in [2.75, 3.05) is 0 Å². The van der Waals surface area contributed by atoms with Gasteiger partial charge in [-0.1, -0.05) is 29.3 Å². The van der Waals surface area contributed by atoms with Gasteiger partial charge in [-0.3, -0.25) is 4.79 Å².